The molecule has 0 saturated heterocycles. The molecule has 0 spiro atoms. The average Bonchev–Trinajstić information content (AvgIpc) is 3.04. The molecule has 0 aliphatic heterocycles. The molecule has 1 N–H and O–H groups in total. The minimum atomic E-state index is -3.67. The zero-order valence-corrected chi connectivity index (χ0v) is 15.4. The van der Waals surface area contributed by atoms with E-state index < -0.39 is 27.6 Å². The number of halogens is 2. The van der Waals surface area contributed by atoms with Crippen LogP contribution in [-0.2, 0) is 21.2 Å². The Hall–Kier alpha value is -1.84. The van der Waals surface area contributed by atoms with E-state index in [2.05, 4.69) is 4.72 Å². The first kappa shape index (κ1) is 19.5. The highest BCUT2D eigenvalue weighted by atomic mass is 32.2. The number of thiophene rings is 1. The van der Waals surface area contributed by atoms with Crippen molar-refractivity contribution in [1.29, 1.82) is 0 Å². The van der Waals surface area contributed by atoms with Gasteiger partial charge in [-0.2, -0.15) is 0 Å². The Kier molecular flexibility index (Phi) is 6.26. The first-order valence-electron chi connectivity index (χ1n) is 7.56. The number of nitrogens with zero attached hydrogens (tertiary/aromatic N) is 1. The van der Waals surface area contributed by atoms with Gasteiger partial charge in [-0.05, 0) is 30.7 Å². The van der Waals surface area contributed by atoms with Crippen LogP contribution in [0.1, 0.15) is 18.7 Å². The van der Waals surface area contributed by atoms with Gasteiger partial charge in [0.15, 0.2) is 11.6 Å². The maximum atomic E-state index is 13.3. The molecule has 1 amide bonds. The Morgan fingerprint density at radius 2 is 1.92 bits per heavy atom. The Balaban J connectivity index is 2.06. The minimum absolute atomic E-state index is 0.00829. The molecule has 0 bridgehead atoms. The fraction of sp³-hybridized carbons (Fsp3) is 0.312. The van der Waals surface area contributed by atoms with Crippen molar-refractivity contribution in [3.05, 3.63) is 46.8 Å². The summed E-state index contributed by atoms with van der Waals surface area (Å²) in [5.74, 6) is -2.50. The fourth-order valence-corrected chi connectivity index (χ4v) is 4.54. The van der Waals surface area contributed by atoms with E-state index >= 15 is 0 Å². The molecule has 0 fully saturated rings. The molecule has 136 valence electrons. The van der Waals surface area contributed by atoms with Crippen LogP contribution in [0, 0.1) is 11.6 Å². The first-order valence-corrected chi connectivity index (χ1v) is 9.86. The van der Waals surface area contributed by atoms with Crippen molar-refractivity contribution >= 4 is 33.0 Å². The largest absolute Gasteiger partial charge is 0.311 e. The van der Waals surface area contributed by atoms with Crippen molar-refractivity contribution in [3.63, 3.8) is 0 Å². The van der Waals surface area contributed by atoms with Crippen molar-refractivity contribution < 1.29 is 22.0 Å². The van der Waals surface area contributed by atoms with Crippen molar-refractivity contribution in [3.8, 4) is 0 Å². The van der Waals surface area contributed by atoms with Crippen molar-refractivity contribution in [2.45, 2.75) is 24.5 Å². The van der Waals surface area contributed by atoms with Crippen LogP contribution >= 0.6 is 11.3 Å². The second kappa shape index (κ2) is 8.03. The number of nitrogens with one attached hydrogen (secondary N) is 1. The number of hydrogen-bond acceptors (Lipinski definition) is 4. The maximum Gasteiger partial charge on any atom is 0.250 e. The molecule has 2 aromatic rings. The molecule has 5 nitrogen and oxygen atoms in total. The molecule has 0 saturated carbocycles. The molecular formula is C16H18F2N2O3S2. The highest BCUT2D eigenvalue weighted by Crippen LogP contribution is 2.22. The number of amides is 1. The van der Waals surface area contributed by atoms with Gasteiger partial charge in [0.2, 0.25) is 15.9 Å². The summed E-state index contributed by atoms with van der Waals surface area (Å²) in [6.07, 6.45) is 0.744. The van der Waals surface area contributed by atoms with E-state index in [9.17, 15) is 22.0 Å². The first-order chi connectivity index (χ1) is 11.7. The lowest BCUT2D eigenvalue weighted by Gasteiger charge is -2.21. The second-order valence-electron chi connectivity index (χ2n) is 5.24. The minimum Gasteiger partial charge on any atom is -0.311 e. The lowest BCUT2D eigenvalue weighted by Crippen LogP contribution is -2.37. The van der Waals surface area contributed by atoms with E-state index in [1.807, 2.05) is 6.92 Å². The van der Waals surface area contributed by atoms with Crippen LogP contribution in [0.5, 0.6) is 0 Å². The normalized spacial score (nSPS) is 11.5. The molecule has 9 heteroatoms. The molecule has 0 atom stereocenters. The third kappa shape index (κ3) is 4.83. The summed E-state index contributed by atoms with van der Waals surface area (Å²) in [7, 11) is -3.67. The molecular weight excluding hydrogens is 370 g/mol. The molecule has 25 heavy (non-hydrogen) atoms. The number of benzene rings is 1. The Morgan fingerprint density at radius 3 is 2.48 bits per heavy atom. The van der Waals surface area contributed by atoms with Crippen molar-refractivity contribution in [2.75, 3.05) is 18.0 Å². The Morgan fingerprint density at radius 1 is 1.20 bits per heavy atom. The van der Waals surface area contributed by atoms with E-state index in [0.29, 0.717) is 0 Å². The van der Waals surface area contributed by atoms with E-state index in [1.165, 1.54) is 35.3 Å². The van der Waals surface area contributed by atoms with Crippen LogP contribution in [0.25, 0.3) is 0 Å². The molecule has 1 heterocycles. The second-order valence-corrected chi connectivity index (χ2v) is 8.40. The Labute approximate surface area is 149 Å². The van der Waals surface area contributed by atoms with Crippen LogP contribution in [0.2, 0.25) is 0 Å². The van der Waals surface area contributed by atoms with E-state index in [1.54, 1.807) is 6.07 Å². The standard InChI is InChI=1S/C16H18F2N2O3S2/c1-3-13-5-7-16(24-13)25(22,23)19-8-9-20(11(2)21)12-4-6-14(17)15(18)10-12/h4-7,10,19H,3,8-9H2,1-2H3. The highest BCUT2D eigenvalue weighted by molar-refractivity contribution is 7.91. The van der Waals surface area contributed by atoms with Gasteiger partial charge in [-0.1, -0.05) is 6.92 Å². The molecule has 2 rings (SSSR count). The molecule has 0 aliphatic carbocycles. The summed E-state index contributed by atoms with van der Waals surface area (Å²) in [4.78, 5) is 13.9. The van der Waals surface area contributed by atoms with Crippen molar-refractivity contribution in [1.82, 2.24) is 4.72 Å². The SMILES string of the molecule is CCc1ccc(S(=O)(=O)NCCN(C(C)=O)c2ccc(F)c(F)c2)s1. The fourth-order valence-electron chi connectivity index (χ4n) is 2.18. The van der Waals surface area contributed by atoms with Crippen LogP contribution in [0.3, 0.4) is 0 Å². The third-order valence-corrected chi connectivity index (χ3v) is 6.66. The van der Waals surface area contributed by atoms with Gasteiger partial charge in [-0.3, -0.25) is 4.79 Å². The van der Waals surface area contributed by atoms with Gasteiger partial charge in [-0.25, -0.2) is 21.9 Å². The molecule has 1 aromatic carbocycles. The van der Waals surface area contributed by atoms with Gasteiger partial charge < -0.3 is 4.90 Å². The number of anilines is 1. The quantitative estimate of drug-likeness (QED) is 0.793. The monoisotopic (exact) mass is 388 g/mol. The van der Waals surface area contributed by atoms with Gasteiger partial charge in [0.05, 0.1) is 0 Å². The molecule has 0 aliphatic rings. The molecule has 1 aromatic heterocycles. The van der Waals surface area contributed by atoms with Gasteiger partial charge in [-0.15, -0.1) is 11.3 Å². The zero-order valence-electron chi connectivity index (χ0n) is 13.8. The maximum absolute atomic E-state index is 13.3. The summed E-state index contributed by atoms with van der Waals surface area (Å²) in [5.41, 5.74) is 0.162. The Bertz CT molecular complexity index is 866. The van der Waals surface area contributed by atoms with E-state index in [-0.39, 0.29) is 23.0 Å². The van der Waals surface area contributed by atoms with Gasteiger partial charge in [0, 0.05) is 36.6 Å². The summed E-state index contributed by atoms with van der Waals surface area (Å²) in [5, 5.41) is 0. The topological polar surface area (TPSA) is 66.5 Å². The number of aryl methyl sites for hydroxylation is 1. The lowest BCUT2D eigenvalue weighted by atomic mass is 10.2. The van der Waals surface area contributed by atoms with Gasteiger partial charge >= 0.3 is 0 Å². The number of carbonyl (C=O) groups is 1. The predicted octanol–water partition coefficient (Wildman–Crippen LogP) is 2.92. The molecule has 0 radical (unpaired) electrons. The van der Waals surface area contributed by atoms with E-state index in [0.717, 1.165) is 23.4 Å². The van der Waals surface area contributed by atoms with Crippen LogP contribution in [0.4, 0.5) is 14.5 Å². The van der Waals surface area contributed by atoms with Gasteiger partial charge in [0.1, 0.15) is 4.21 Å². The summed E-state index contributed by atoms with van der Waals surface area (Å²) in [6.45, 7) is 3.14. The summed E-state index contributed by atoms with van der Waals surface area (Å²) >= 11 is 1.18. The van der Waals surface area contributed by atoms with Crippen LogP contribution in [0.15, 0.2) is 34.5 Å². The van der Waals surface area contributed by atoms with Crippen molar-refractivity contribution in [2.24, 2.45) is 0 Å². The zero-order chi connectivity index (χ0) is 18.6. The predicted molar refractivity (Wildman–Crippen MR) is 93.3 cm³/mol. The lowest BCUT2D eigenvalue weighted by molar-refractivity contribution is -0.116. The average molecular weight is 388 g/mol. The summed E-state index contributed by atoms with van der Waals surface area (Å²) < 4.78 is 53.5. The molecule has 0 unspecified atom stereocenters. The van der Waals surface area contributed by atoms with Crippen LogP contribution in [-0.4, -0.2) is 27.4 Å². The smallest absolute Gasteiger partial charge is 0.250 e. The number of rotatable bonds is 7. The van der Waals surface area contributed by atoms with E-state index in [4.69, 9.17) is 0 Å². The summed E-state index contributed by atoms with van der Waals surface area (Å²) in [6, 6.07) is 6.37. The third-order valence-electron chi connectivity index (χ3n) is 3.47. The number of carbonyl (C=O) groups excluding carboxylic acids is 1. The van der Waals surface area contributed by atoms with Gasteiger partial charge in [0.25, 0.3) is 0 Å². The highest BCUT2D eigenvalue weighted by Gasteiger charge is 2.18. The number of hydrogen-bond donors (Lipinski definition) is 1. The number of sulfonamides is 1. The van der Waals surface area contributed by atoms with Crippen LogP contribution < -0.4 is 9.62 Å².